The van der Waals surface area contributed by atoms with Crippen molar-refractivity contribution in [3.63, 3.8) is 0 Å². The normalized spacial score (nSPS) is 20.5. The van der Waals surface area contributed by atoms with Crippen molar-refractivity contribution < 1.29 is 133 Å². The van der Waals surface area contributed by atoms with Gasteiger partial charge < -0.3 is 47.3 Å². The Hall–Kier alpha value is -8.04. The Balaban J connectivity index is 0.000000336. The highest BCUT2D eigenvalue weighted by molar-refractivity contribution is 7.87. The zero-order valence-corrected chi connectivity index (χ0v) is 75.0. The van der Waals surface area contributed by atoms with Crippen LogP contribution in [-0.4, -0.2) is 201 Å². The molecule has 4 heterocycles. The van der Waals surface area contributed by atoms with E-state index in [4.69, 9.17) is 5.11 Å². The number of anilines is 2. The van der Waals surface area contributed by atoms with Gasteiger partial charge in [-0.2, -0.15) is 26.0 Å². The maximum absolute atomic E-state index is 12.1. The number of hydrogen-bond donors (Lipinski definition) is 4. The van der Waals surface area contributed by atoms with Crippen LogP contribution in [0.3, 0.4) is 0 Å². The number of carboxylic acid groups (broad SMARTS) is 2. The Morgan fingerprint density at radius 1 is 0.377 bits per heavy atom. The van der Waals surface area contributed by atoms with Gasteiger partial charge in [-0.05, 0) is 196 Å². The van der Waals surface area contributed by atoms with Crippen molar-refractivity contribution >= 4 is 127 Å². The lowest BCUT2D eigenvalue weighted by molar-refractivity contribution is -0.438. The van der Waals surface area contributed by atoms with Crippen molar-refractivity contribution in [2.45, 2.75) is 200 Å². The Morgan fingerprint density at radius 3 is 1.06 bits per heavy atom. The lowest BCUT2D eigenvalue weighted by Gasteiger charge is -2.30. The summed E-state index contributed by atoms with van der Waals surface area (Å²) >= 11 is 0. The van der Waals surface area contributed by atoms with Crippen molar-refractivity contribution in [1.82, 2.24) is 0 Å². The molecule has 0 saturated carbocycles. The van der Waals surface area contributed by atoms with Crippen molar-refractivity contribution in [3.05, 3.63) is 197 Å². The van der Waals surface area contributed by atoms with Crippen LogP contribution in [-0.2, 0) is 119 Å². The minimum absolute atomic E-state index is 0.000293. The minimum Gasteiger partial charge on any atom is -0.748 e. The molecule has 4 atom stereocenters. The van der Waals surface area contributed by atoms with Gasteiger partial charge in [0.1, 0.15) is 23.2 Å². The van der Waals surface area contributed by atoms with Crippen LogP contribution in [0.1, 0.15) is 185 Å². The van der Waals surface area contributed by atoms with E-state index in [2.05, 4.69) is 0 Å². The van der Waals surface area contributed by atoms with E-state index < -0.39 is 148 Å². The minimum atomic E-state index is -4.84. The molecule has 32 nitrogen and oxygen atoms in total. The van der Waals surface area contributed by atoms with Gasteiger partial charge in [0.25, 0.3) is 20.2 Å². The third-order valence-electron chi connectivity index (χ3n) is 22.3. The number of rotatable bonds is 46. The molecule has 672 valence electrons. The average molecular weight is 1850 g/mol. The molecule has 4 aromatic rings. The second-order valence-corrected chi connectivity index (χ2v) is 43.0. The van der Waals surface area contributed by atoms with Crippen LogP contribution in [0.15, 0.2) is 184 Å². The van der Waals surface area contributed by atoms with Crippen LogP contribution in [0.4, 0.5) is 22.7 Å². The molecule has 0 spiro atoms. The lowest BCUT2D eigenvalue weighted by Crippen LogP contribution is -2.31. The molecule has 0 aromatic heterocycles. The molecule has 0 amide bonds. The molecule has 4 aliphatic rings. The maximum Gasteiger partial charge on any atom is 0.307 e. The molecule has 4 N–H and O–H groups in total. The van der Waals surface area contributed by atoms with Crippen molar-refractivity contribution in [2.24, 2.45) is 0 Å². The van der Waals surface area contributed by atoms with E-state index in [1.54, 1.807) is 97.2 Å². The van der Waals surface area contributed by atoms with E-state index in [0.29, 0.717) is 142 Å². The van der Waals surface area contributed by atoms with E-state index in [1.807, 2.05) is 84.8 Å². The molecule has 8 rings (SSSR count). The molecule has 0 aliphatic carbocycles. The average Bonchev–Trinajstić information content (AvgIpc) is 1.61. The molecule has 0 radical (unpaired) electrons. The Bertz CT molecular complexity index is 5870. The SMILES string of the molecule is CCN1/C(=C/C=C/C=C/C=C/C2=[N+](CCCCCC(=O)O)c3ccc(S(=O)(=O)[O-])cc3C2(C)CCCCS(=O)(=O)[O-])C(C)(CCCCS(=O)(=O)[O-])c2cc(S(=O)(=O)O)ccc21.CCN1/C(=C/C=C/C=C/C=C/C2=[N+](CCCCS(=O)(=O)[O-])c3ccc(CC(=O)O)cc3C2(C)CCCCS(=O)(=O)[O-])C(C)(CCCCS(=O)(=O)[O-])c2cc(S(=O)(=O)O)ccc21. The smallest absolute Gasteiger partial charge is 0.307 e. The quantitative estimate of drug-likeness (QED) is 0.0138. The molecular formula is C82H104N4O28S8-4. The van der Waals surface area contributed by atoms with Crippen molar-refractivity contribution in [2.75, 3.05) is 64.7 Å². The third-order valence-corrected chi connectivity index (χ3v) is 28.8. The monoisotopic (exact) mass is 1850 g/mol. The summed E-state index contributed by atoms with van der Waals surface area (Å²) in [6.45, 7) is 13.1. The van der Waals surface area contributed by atoms with E-state index in [0.717, 1.165) is 28.4 Å². The van der Waals surface area contributed by atoms with Gasteiger partial charge in [-0.1, -0.05) is 92.5 Å². The first kappa shape index (κ1) is 101. The zero-order chi connectivity index (χ0) is 90.9. The summed E-state index contributed by atoms with van der Waals surface area (Å²) in [6, 6.07) is 18.0. The number of nitrogens with zero attached hydrogens (tertiary/aromatic N) is 4. The van der Waals surface area contributed by atoms with Crippen LogP contribution in [0.2, 0.25) is 0 Å². The van der Waals surface area contributed by atoms with E-state index in [1.165, 1.54) is 36.4 Å². The molecule has 4 aliphatic heterocycles. The highest BCUT2D eigenvalue weighted by atomic mass is 32.2. The first-order chi connectivity index (χ1) is 56.6. The van der Waals surface area contributed by atoms with Gasteiger partial charge in [0, 0.05) is 130 Å². The predicted octanol–water partition coefficient (Wildman–Crippen LogP) is 10.6. The lowest BCUT2D eigenvalue weighted by atomic mass is 9.75. The van der Waals surface area contributed by atoms with Crippen LogP contribution >= 0.6 is 0 Å². The maximum atomic E-state index is 12.1. The second-order valence-electron chi connectivity index (χ2n) is 31.2. The van der Waals surface area contributed by atoms with Gasteiger partial charge in [0.2, 0.25) is 11.4 Å². The van der Waals surface area contributed by atoms with Crippen molar-refractivity contribution in [1.29, 1.82) is 0 Å². The van der Waals surface area contributed by atoms with E-state index >= 15 is 0 Å². The molecular weight excluding hydrogens is 1750 g/mol. The van der Waals surface area contributed by atoms with E-state index in [-0.39, 0.29) is 61.2 Å². The molecule has 122 heavy (non-hydrogen) atoms. The van der Waals surface area contributed by atoms with Gasteiger partial charge in [-0.15, -0.1) is 0 Å². The fourth-order valence-electron chi connectivity index (χ4n) is 16.4. The molecule has 0 fully saturated rings. The number of unbranched alkanes of at least 4 members (excludes halogenated alkanes) is 7. The summed E-state index contributed by atoms with van der Waals surface area (Å²) in [4.78, 5) is 25.7. The number of hydrogen-bond acceptors (Lipinski definition) is 26. The number of aliphatic carboxylic acids is 2. The Labute approximate surface area is 716 Å². The second kappa shape index (κ2) is 41.8. The third kappa shape index (κ3) is 28.0. The van der Waals surface area contributed by atoms with Gasteiger partial charge in [-0.3, -0.25) is 18.7 Å². The number of benzene rings is 4. The predicted molar refractivity (Wildman–Crippen MR) is 454 cm³/mol. The van der Waals surface area contributed by atoms with Gasteiger partial charge in [0.05, 0.1) is 82.5 Å². The summed E-state index contributed by atoms with van der Waals surface area (Å²) in [5.74, 6) is -4.69. The number of carbonyl (C=O) groups is 2. The summed E-state index contributed by atoms with van der Waals surface area (Å²) in [5.41, 5.74) is 5.58. The Morgan fingerprint density at radius 2 is 0.705 bits per heavy atom. The largest absolute Gasteiger partial charge is 0.748 e. The molecule has 0 saturated heterocycles. The number of fused-ring (bicyclic) bond motifs is 4. The van der Waals surface area contributed by atoms with Gasteiger partial charge in [-0.25, -0.2) is 50.5 Å². The summed E-state index contributed by atoms with van der Waals surface area (Å²) in [7, 11) is -36.1. The zero-order valence-electron chi connectivity index (χ0n) is 68.5. The molecule has 4 unspecified atom stereocenters. The Kier molecular flexibility index (Phi) is 34.7. The van der Waals surface area contributed by atoms with Crippen LogP contribution in [0, 0.1) is 0 Å². The fourth-order valence-corrected chi connectivity index (χ4v) is 20.7. The topological polar surface area (TPSA) is 539 Å². The molecule has 40 heteroatoms. The van der Waals surface area contributed by atoms with Gasteiger partial charge in [0.15, 0.2) is 11.4 Å². The summed E-state index contributed by atoms with van der Waals surface area (Å²) in [6.07, 6.45) is 29.9. The van der Waals surface area contributed by atoms with Crippen molar-refractivity contribution in [3.8, 4) is 0 Å². The first-order valence-corrected chi connectivity index (χ1v) is 51.7. The summed E-state index contributed by atoms with van der Waals surface area (Å²) in [5, 5.41) is 18.6. The van der Waals surface area contributed by atoms with Gasteiger partial charge >= 0.3 is 11.9 Å². The number of likely N-dealkylation sites (N-methyl/N-ethyl adjacent to an activating group) is 2. The first-order valence-electron chi connectivity index (χ1n) is 39.5. The van der Waals surface area contributed by atoms with Crippen LogP contribution < -0.4 is 9.80 Å². The van der Waals surface area contributed by atoms with Crippen LogP contribution in [0.5, 0.6) is 0 Å². The number of carboxylic acids is 2. The van der Waals surface area contributed by atoms with Crippen LogP contribution in [0.25, 0.3) is 0 Å². The summed E-state index contributed by atoms with van der Waals surface area (Å²) < 4.78 is 278. The standard InChI is InChI=1S/2C41H54N2O14S4/c1-4-42-35-22-20-31(60(52,53)54)29-33(35)40(2,24-12-15-27-58(46,47)48)37(42)17-9-6-5-7-10-18-38-41(3,25-13-16-28-59(49,50)51)34-30-32(61(55,56)57)21-23-36(34)43(38)26-14-8-11-19-39(44)45;1-4-42-35-21-19-32(61(55,56)57)30-34(35)41(3,23-11-14-26-59(49,50)51)37(42)16-8-6-5-7-9-17-38-40(2,22-10-13-25-58(46,47)48)33-28-31(29-39(44)45)18-20-36(33)43(38)24-12-15-27-60(52,53)54/h5-7,9-10,17-18,20-23,29-30H,4,8,11-16,19,24-28H2,1-3H3,(H4-,44,45,46,47,48,49,50,51,52,53,54,55,56,57);5-9,16-21,28,30H,4,10-15,22-27,29H2,1-3H3,(H4-,44,45,46,47,48,49,50,51,52,53,54,55,56,57)/p-4. The molecule has 4 aromatic carbocycles. The molecule has 0 bridgehead atoms. The fraction of sp³-hybridized carbons (Fsp3) is 0.463. The number of allylic oxidation sites excluding steroid dienone is 16. The highest BCUT2D eigenvalue weighted by Gasteiger charge is 2.50. The van der Waals surface area contributed by atoms with E-state index in [9.17, 15) is 118 Å². The highest BCUT2D eigenvalue weighted by Crippen LogP contribution is 2.54.